The third kappa shape index (κ3) is 2.42. The Hall–Kier alpha value is -2.90. The topological polar surface area (TPSA) is 87.8 Å². The minimum absolute atomic E-state index is 0.256. The third-order valence-electron chi connectivity index (χ3n) is 2.94. The lowest BCUT2D eigenvalue weighted by atomic mass is 10.3. The van der Waals surface area contributed by atoms with Crippen molar-refractivity contribution >= 4 is 28.6 Å². The molecule has 3 N–H and O–H groups in total. The summed E-state index contributed by atoms with van der Waals surface area (Å²) in [6.07, 6.45) is 1.51. The molecular weight excluding hydrogens is 275 g/mol. The molecule has 2 aromatic heterocycles. The molecule has 0 radical (unpaired) electrons. The van der Waals surface area contributed by atoms with Gasteiger partial charge in [0.25, 0.3) is 0 Å². The van der Waals surface area contributed by atoms with Crippen LogP contribution in [0.1, 0.15) is 0 Å². The number of aromatic nitrogens is 4. The normalized spacial score (nSPS) is 10.6. The van der Waals surface area contributed by atoms with Crippen molar-refractivity contribution in [3.05, 3.63) is 30.3 Å². The second kappa shape index (κ2) is 5.23. The van der Waals surface area contributed by atoms with Crippen molar-refractivity contribution in [2.75, 3.05) is 24.8 Å². The number of hydrogen-bond donors (Lipinski definition) is 3. The van der Waals surface area contributed by atoms with E-state index in [0.717, 1.165) is 0 Å². The van der Waals surface area contributed by atoms with Crippen molar-refractivity contribution in [3.63, 3.8) is 0 Å². The number of fused-ring (bicyclic) bond motifs is 1. The van der Waals surface area contributed by atoms with Crippen molar-refractivity contribution < 1.29 is 9.13 Å². The van der Waals surface area contributed by atoms with E-state index in [0.29, 0.717) is 28.7 Å². The largest absolute Gasteiger partial charge is 0.497 e. The molecular formula is C13H13FN6O. The molecule has 1 aromatic carbocycles. The Balaban J connectivity index is 2.07. The van der Waals surface area contributed by atoms with Crippen LogP contribution in [0.15, 0.2) is 24.5 Å². The summed E-state index contributed by atoms with van der Waals surface area (Å²) in [4.78, 5) is 15.5. The first kappa shape index (κ1) is 13.1. The quantitative estimate of drug-likeness (QED) is 0.682. The molecule has 3 rings (SSSR count). The Morgan fingerprint density at radius 3 is 2.90 bits per heavy atom. The summed E-state index contributed by atoms with van der Waals surface area (Å²) in [6.45, 7) is 0. The number of H-pyrrole nitrogens is 1. The molecule has 0 atom stereocenters. The number of anilines is 3. The average molecular weight is 288 g/mol. The second-order valence-electron chi connectivity index (χ2n) is 4.22. The lowest BCUT2D eigenvalue weighted by Gasteiger charge is -2.10. The van der Waals surface area contributed by atoms with Crippen molar-refractivity contribution in [3.8, 4) is 5.75 Å². The molecule has 0 unspecified atom stereocenters. The third-order valence-corrected chi connectivity index (χ3v) is 2.94. The van der Waals surface area contributed by atoms with Gasteiger partial charge in [-0.25, -0.2) is 9.37 Å². The highest BCUT2D eigenvalue weighted by molar-refractivity contribution is 5.86. The molecule has 0 fully saturated rings. The lowest BCUT2D eigenvalue weighted by molar-refractivity contribution is 0.414. The minimum Gasteiger partial charge on any atom is -0.497 e. The van der Waals surface area contributed by atoms with Gasteiger partial charge in [0.1, 0.15) is 17.1 Å². The van der Waals surface area contributed by atoms with E-state index in [1.807, 2.05) is 0 Å². The zero-order chi connectivity index (χ0) is 14.8. The van der Waals surface area contributed by atoms with E-state index in [4.69, 9.17) is 4.74 Å². The predicted octanol–water partition coefficient (Wildman–Crippen LogP) is 2.29. The molecule has 21 heavy (non-hydrogen) atoms. The van der Waals surface area contributed by atoms with Gasteiger partial charge in [-0.15, -0.1) is 0 Å². The highest BCUT2D eigenvalue weighted by Gasteiger charge is 2.12. The van der Waals surface area contributed by atoms with E-state index in [1.54, 1.807) is 19.2 Å². The maximum atomic E-state index is 13.9. The first-order chi connectivity index (χ1) is 10.2. The maximum absolute atomic E-state index is 13.9. The highest BCUT2D eigenvalue weighted by Crippen LogP contribution is 2.27. The van der Waals surface area contributed by atoms with E-state index < -0.39 is 5.82 Å². The van der Waals surface area contributed by atoms with Gasteiger partial charge in [0.2, 0.25) is 5.95 Å². The van der Waals surface area contributed by atoms with Gasteiger partial charge in [0.15, 0.2) is 11.5 Å². The Labute approximate surface area is 119 Å². The van der Waals surface area contributed by atoms with Crippen LogP contribution < -0.4 is 15.4 Å². The molecule has 3 aromatic rings. The van der Waals surface area contributed by atoms with E-state index >= 15 is 0 Å². The van der Waals surface area contributed by atoms with Crippen molar-refractivity contribution in [2.45, 2.75) is 0 Å². The summed E-state index contributed by atoms with van der Waals surface area (Å²) in [5.74, 6) is 0.949. The fraction of sp³-hybridized carbons (Fsp3) is 0.154. The molecule has 7 nitrogen and oxygen atoms in total. The van der Waals surface area contributed by atoms with Crippen molar-refractivity contribution in [1.82, 2.24) is 19.9 Å². The van der Waals surface area contributed by atoms with Gasteiger partial charge >= 0.3 is 0 Å². The number of rotatable bonds is 4. The predicted molar refractivity (Wildman–Crippen MR) is 77.5 cm³/mol. The Bertz CT molecular complexity index is 787. The van der Waals surface area contributed by atoms with Crippen LogP contribution in [0.25, 0.3) is 11.2 Å². The zero-order valence-corrected chi connectivity index (χ0v) is 11.4. The summed E-state index contributed by atoms with van der Waals surface area (Å²) in [6, 6.07) is 4.43. The van der Waals surface area contributed by atoms with Gasteiger partial charge in [-0.1, -0.05) is 0 Å². The SMILES string of the molecule is CNc1nc(Nc2cc(OC)ccc2F)c2[nH]cnc2n1. The molecule has 8 heteroatoms. The summed E-state index contributed by atoms with van der Waals surface area (Å²) in [5, 5.41) is 5.77. The van der Waals surface area contributed by atoms with E-state index in [1.165, 1.54) is 19.5 Å². The molecule has 108 valence electrons. The van der Waals surface area contributed by atoms with Gasteiger partial charge in [-0.05, 0) is 12.1 Å². The fourth-order valence-corrected chi connectivity index (χ4v) is 1.89. The van der Waals surface area contributed by atoms with Gasteiger partial charge < -0.3 is 20.4 Å². The first-order valence-electron chi connectivity index (χ1n) is 6.20. The van der Waals surface area contributed by atoms with Crippen molar-refractivity contribution in [1.29, 1.82) is 0 Å². The second-order valence-corrected chi connectivity index (χ2v) is 4.22. The molecule has 2 heterocycles. The molecule has 0 aliphatic heterocycles. The number of ether oxygens (including phenoxy) is 1. The number of halogens is 1. The Morgan fingerprint density at radius 1 is 1.29 bits per heavy atom. The maximum Gasteiger partial charge on any atom is 0.226 e. The van der Waals surface area contributed by atoms with Crippen LogP contribution >= 0.6 is 0 Å². The van der Waals surface area contributed by atoms with E-state index in [9.17, 15) is 4.39 Å². The van der Waals surface area contributed by atoms with Crippen LogP contribution in [0.4, 0.5) is 21.8 Å². The van der Waals surface area contributed by atoms with Gasteiger partial charge in [0, 0.05) is 13.1 Å². The molecule has 0 spiro atoms. The van der Waals surface area contributed by atoms with Crippen LogP contribution in [0.2, 0.25) is 0 Å². The van der Waals surface area contributed by atoms with E-state index in [2.05, 4.69) is 30.6 Å². The van der Waals surface area contributed by atoms with Gasteiger partial charge in [-0.3, -0.25) is 0 Å². The number of hydrogen-bond acceptors (Lipinski definition) is 6. The Kier molecular flexibility index (Phi) is 3.27. The van der Waals surface area contributed by atoms with Crippen molar-refractivity contribution in [2.24, 2.45) is 0 Å². The van der Waals surface area contributed by atoms with E-state index in [-0.39, 0.29) is 5.69 Å². The molecule has 0 saturated heterocycles. The molecule has 0 amide bonds. The number of benzene rings is 1. The van der Waals surface area contributed by atoms with Crippen LogP contribution in [-0.2, 0) is 0 Å². The van der Waals surface area contributed by atoms with Gasteiger partial charge in [-0.2, -0.15) is 9.97 Å². The minimum atomic E-state index is -0.409. The number of aromatic amines is 1. The highest BCUT2D eigenvalue weighted by atomic mass is 19.1. The monoisotopic (exact) mass is 288 g/mol. The van der Waals surface area contributed by atoms with Crippen LogP contribution in [-0.4, -0.2) is 34.1 Å². The standard InChI is InChI=1S/C13H13FN6O/c1-15-13-19-11-10(16-6-17-11)12(20-13)18-9-5-7(21-2)3-4-8(9)14/h3-6H,1-2H3,(H3,15,16,17,18,19,20). The molecule has 0 saturated carbocycles. The molecule has 0 bridgehead atoms. The summed E-state index contributed by atoms with van der Waals surface area (Å²) >= 11 is 0. The first-order valence-corrected chi connectivity index (χ1v) is 6.20. The fourth-order valence-electron chi connectivity index (χ4n) is 1.89. The smallest absolute Gasteiger partial charge is 0.226 e. The number of nitrogens with one attached hydrogen (secondary N) is 3. The molecule has 0 aliphatic carbocycles. The number of methoxy groups -OCH3 is 1. The average Bonchev–Trinajstić information content (AvgIpc) is 2.98. The van der Waals surface area contributed by atoms with Crippen LogP contribution in [0, 0.1) is 5.82 Å². The Morgan fingerprint density at radius 2 is 2.14 bits per heavy atom. The lowest BCUT2D eigenvalue weighted by Crippen LogP contribution is -2.03. The summed E-state index contributed by atoms with van der Waals surface area (Å²) in [7, 11) is 3.22. The zero-order valence-electron chi connectivity index (χ0n) is 11.4. The van der Waals surface area contributed by atoms with Crippen LogP contribution in [0.5, 0.6) is 5.75 Å². The molecule has 0 aliphatic rings. The van der Waals surface area contributed by atoms with Crippen LogP contribution in [0.3, 0.4) is 0 Å². The summed E-state index contributed by atoms with van der Waals surface area (Å²) in [5.41, 5.74) is 1.34. The van der Waals surface area contributed by atoms with Gasteiger partial charge in [0.05, 0.1) is 19.1 Å². The summed E-state index contributed by atoms with van der Waals surface area (Å²) < 4.78 is 19.0. The number of nitrogens with zero attached hydrogens (tertiary/aromatic N) is 3. The number of imidazole rings is 1.